The largest absolute Gasteiger partial charge is 0.508 e. The molecule has 2 aromatic carbocycles. The molecule has 2 saturated heterocycles. The van der Waals surface area contributed by atoms with Crippen LogP contribution >= 0.6 is 45.8 Å². The minimum absolute atomic E-state index is 0.104. The number of rotatable bonds is 3. The third-order valence-corrected chi connectivity index (χ3v) is 10.8. The van der Waals surface area contributed by atoms with Gasteiger partial charge in [-0.25, -0.2) is 0 Å². The number of aromatic hydroxyl groups is 1. The summed E-state index contributed by atoms with van der Waals surface area (Å²) in [5.74, 6) is -4.99. The maximum absolute atomic E-state index is 13.9. The van der Waals surface area contributed by atoms with E-state index in [0.29, 0.717) is 17.0 Å². The summed E-state index contributed by atoms with van der Waals surface area (Å²) in [6.07, 6.45) is 1.97. The maximum Gasteiger partial charge on any atom is 0.253 e. The van der Waals surface area contributed by atoms with Gasteiger partial charge in [-0.15, -0.1) is 23.2 Å². The molecule has 8 nitrogen and oxygen atoms in total. The average Bonchev–Trinajstić information content (AvgIpc) is 3.24. The number of hydrogen-bond donors (Lipinski definition) is 1. The minimum Gasteiger partial charge on any atom is -0.508 e. The Morgan fingerprint density at radius 3 is 2.33 bits per heavy atom. The first-order valence-corrected chi connectivity index (χ1v) is 14.2. The maximum atomic E-state index is 13.9. The summed E-state index contributed by atoms with van der Waals surface area (Å²) in [4.78, 5) is 52.9. The van der Waals surface area contributed by atoms with Gasteiger partial charge in [0.05, 0.1) is 24.6 Å². The zero-order valence-electron chi connectivity index (χ0n) is 20.9. The second-order valence-electron chi connectivity index (χ2n) is 10.4. The number of amides is 4. The van der Waals surface area contributed by atoms with E-state index in [-0.39, 0.29) is 36.0 Å². The normalized spacial score (nSPS) is 33.6. The van der Waals surface area contributed by atoms with Gasteiger partial charge in [-0.2, -0.15) is 0 Å². The van der Waals surface area contributed by atoms with Crippen LogP contribution in [0.25, 0.3) is 0 Å². The molecule has 0 spiro atoms. The Labute approximate surface area is 248 Å². The summed E-state index contributed by atoms with van der Waals surface area (Å²) in [6.45, 7) is 0. The molecule has 0 unspecified atom stereocenters. The molecule has 6 atom stereocenters. The van der Waals surface area contributed by atoms with Gasteiger partial charge in [-0.3, -0.25) is 29.0 Å². The molecule has 39 heavy (non-hydrogen) atoms. The third kappa shape index (κ3) is 3.42. The number of methoxy groups -OCH3 is 1. The standard InChI is InChI=1S/C28H23Cl2IN2O6/c1-32-25(37)27(29)12-19-16(22(28(27,30)26(32)38)17-8-7-15(39-2)11-20(17)34)9-10-18-21(19)24(36)33(23(18)35)14-5-3-13(31)4-6-14/h3-9,11,18-19,21-22,34H,10,12H2,1-2H3/t18-,19+,21-,22+,27+,28-/m0/s1. The van der Waals surface area contributed by atoms with Gasteiger partial charge in [0.15, 0.2) is 9.75 Å². The van der Waals surface area contributed by atoms with Crippen molar-refractivity contribution >= 4 is 75.1 Å². The monoisotopic (exact) mass is 680 g/mol. The zero-order chi connectivity index (χ0) is 28.0. The Bertz CT molecular complexity index is 1500. The van der Waals surface area contributed by atoms with E-state index in [1.165, 1.54) is 25.1 Å². The molecular formula is C28H23Cl2IN2O6. The molecule has 4 aliphatic rings. The fraction of sp³-hybridized carbons (Fsp3) is 0.357. The smallest absolute Gasteiger partial charge is 0.253 e. The number of nitrogens with zero attached hydrogens (tertiary/aromatic N) is 2. The van der Waals surface area contributed by atoms with E-state index in [1.54, 1.807) is 24.3 Å². The number of hydrogen-bond acceptors (Lipinski definition) is 6. The number of carbonyl (C=O) groups excluding carboxylic acids is 4. The lowest BCUT2D eigenvalue weighted by Gasteiger charge is -2.50. The van der Waals surface area contributed by atoms with Crippen LogP contribution < -0.4 is 9.64 Å². The molecule has 2 heterocycles. The molecule has 0 aromatic heterocycles. The number of carbonyl (C=O) groups is 4. The molecule has 2 aliphatic carbocycles. The molecule has 1 saturated carbocycles. The fourth-order valence-corrected chi connectivity index (χ4v) is 8.20. The Balaban J connectivity index is 1.52. The number of fused-ring (bicyclic) bond motifs is 4. The number of phenolic OH excluding ortho intramolecular Hbond substituents is 1. The SMILES string of the molecule is COc1ccc([C@H]2C3=CC[C@@H]4C(=O)N(c5ccc(I)cc5)C(=O)[C@@H]4[C@@H]3C[C@@]3(Cl)C(=O)N(C)C(=O)[C@@]23Cl)c(O)c1. The third-order valence-electron chi connectivity index (χ3n) is 8.65. The van der Waals surface area contributed by atoms with Gasteiger partial charge in [0.25, 0.3) is 11.8 Å². The second kappa shape index (κ2) is 8.94. The van der Waals surface area contributed by atoms with Gasteiger partial charge in [-0.05, 0) is 71.7 Å². The van der Waals surface area contributed by atoms with E-state index >= 15 is 0 Å². The van der Waals surface area contributed by atoms with Crippen LogP contribution in [0.4, 0.5) is 5.69 Å². The molecule has 3 fully saturated rings. The molecule has 11 heteroatoms. The van der Waals surface area contributed by atoms with Crippen molar-refractivity contribution < 1.29 is 29.0 Å². The number of ether oxygens (including phenoxy) is 1. The van der Waals surface area contributed by atoms with Gasteiger partial charge in [0.1, 0.15) is 11.5 Å². The van der Waals surface area contributed by atoms with Crippen LogP contribution in [0.1, 0.15) is 24.3 Å². The quantitative estimate of drug-likeness (QED) is 0.226. The highest BCUT2D eigenvalue weighted by Gasteiger charge is 2.76. The van der Waals surface area contributed by atoms with E-state index in [0.717, 1.165) is 8.47 Å². The molecule has 4 amide bonds. The summed E-state index contributed by atoms with van der Waals surface area (Å²) in [6, 6.07) is 11.7. The Morgan fingerprint density at radius 1 is 1.00 bits per heavy atom. The van der Waals surface area contributed by atoms with Crippen LogP contribution in [0, 0.1) is 21.3 Å². The van der Waals surface area contributed by atoms with E-state index in [9.17, 15) is 24.3 Å². The van der Waals surface area contributed by atoms with Crippen molar-refractivity contribution in [3.05, 3.63) is 63.2 Å². The highest BCUT2D eigenvalue weighted by Crippen LogP contribution is 2.66. The van der Waals surface area contributed by atoms with Crippen molar-refractivity contribution in [2.45, 2.75) is 28.5 Å². The minimum atomic E-state index is -1.96. The van der Waals surface area contributed by atoms with Crippen molar-refractivity contribution in [2.24, 2.45) is 17.8 Å². The summed E-state index contributed by atoms with van der Waals surface area (Å²) >= 11 is 16.4. The van der Waals surface area contributed by atoms with Gasteiger partial charge in [-0.1, -0.05) is 17.7 Å². The van der Waals surface area contributed by atoms with E-state index in [4.69, 9.17) is 27.9 Å². The summed E-state index contributed by atoms with van der Waals surface area (Å²) < 4.78 is 6.18. The number of anilines is 1. The second-order valence-corrected chi connectivity index (χ2v) is 12.9. The predicted octanol–water partition coefficient (Wildman–Crippen LogP) is 4.20. The molecule has 0 bridgehead atoms. The first-order chi connectivity index (χ1) is 18.5. The van der Waals surface area contributed by atoms with Crippen molar-refractivity contribution in [2.75, 3.05) is 19.1 Å². The van der Waals surface area contributed by atoms with E-state index in [1.807, 2.05) is 18.2 Å². The summed E-state index contributed by atoms with van der Waals surface area (Å²) in [5.41, 5.74) is 1.37. The topological polar surface area (TPSA) is 104 Å². The van der Waals surface area contributed by atoms with Gasteiger partial charge >= 0.3 is 0 Å². The zero-order valence-corrected chi connectivity index (χ0v) is 24.5. The molecular weight excluding hydrogens is 658 g/mol. The van der Waals surface area contributed by atoms with Crippen LogP contribution in [0.15, 0.2) is 54.1 Å². The number of alkyl halides is 2. The Kier molecular flexibility index (Phi) is 6.09. The lowest BCUT2D eigenvalue weighted by Crippen LogP contribution is -2.60. The van der Waals surface area contributed by atoms with Gasteiger partial charge < -0.3 is 9.84 Å². The van der Waals surface area contributed by atoms with Crippen molar-refractivity contribution in [1.82, 2.24) is 4.90 Å². The molecule has 202 valence electrons. The van der Waals surface area contributed by atoms with E-state index in [2.05, 4.69) is 22.6 Å². The van der Waals surface area contributed by atoms with Crippen LogP contribution in [0.2, 0.25) is 0 Å². The molecule has 1 N–H and O–H groups in total. The number of likely N-dealkylation sites (tertiary alicyclic amines) is 1. The Morgan fingerprint density at radius 2 is 1.69 bits per heavy atom. The van der Waals surface area contributed by atoms with Crippen molar-refractivity contribution in [1.29, 1.82) is 0 Å². The number of phenols is 1. The van der Waals surface area contributed by atoms with Gasteiger partial charge in [0, 0.05) is 28.2 Å². The fourth-order valence-electron chi connectivity index (χ4n) is 6.83. The first-order valence-electron chi connectivity index (χ1n) is 12.4. The summed E-state index contributed by atoms with van der Waals surface area (Å²) in [7, 11) is 2.78. The first kappa shape index (κ1) is 26.6. The molecule has 2 aliphatic heterocycles. The lowest BCUT2D eigenvalue weighted by atomic mass is 9.56. The number of halogens is 3. The van der Waals surface area contributed by atoms with Crippen LogP contribution in [-0.4, -0.2) is 57.5 Å². The average molecular weight is 681 g/mol. The van der Waals surface area contributed by atoms with Crippen LogP contribution in [0.5, 0.6) is 11.5 Å². The van der Waals surface area contributed by atoms with Gasteiger partial charge in [0.2, 0.25) is 11.8 Å². The molecule has 0 radical (unpaired) electrons. The molecule has 6 rings (SSSR count). The van der Waals surface area contributed by atoms with Crippen molar-refractivity contribution in [3.63, 3.8) is 0 Å². The van der Waals surface area contributed by atoms with E-state index < -0.39 is 45.2 Å². The molecule has 2 aromatic rings. The van der Waals surface area contributed by atoms with Crippen molar-refractivity contribution in [3.8, 4) is 11.5 Å². The predicted molar refractivity (Wildman–Crippen MR) is 152 cm³/mol. The highest BCUT2D eigenvalue weighted by atomic mass is 127. The van der Waals surface area contributed by atoms with Crippen LogP contribution in [-0.2, 0) is 19.2 Å². The summed E-state index contributed by atoms with van der Waals surface area (Å²) in [5, 5.41) is 11.0. The number of imide groups is 2. The lowest BCUT2D eigenvalue weighted by molar-refractivity contribution is -0.138. The number of benzene rings is 2. The van der Waals surface area contributed by atoms with Crippen LogP contribution in [0.3, 0.4) is 0 Å². The Hall–Kier alpha value is -2.63. The highest BCUT2D eigenvalue weighted by molar-refractivity contribution is 14.1. The number of allylic oxidation sites excluding steroid dienone is 2.